The summed E-state index contributed by atoms with van der Waals surface area (Å²) in [5, 5.41) is 34.2. The minimum Gasteiger partial charge on any atom is -0.462 e. The molecule has 0 unspecified atom stereocenters. The zero-order valence-corrected chi connectivity index (χ0v) is 33.2. The number of cyclic esters (lactones) is 1. The Labute approximate surface area is 313 Å². The Morgan fingerprint density at radius 3 is 2.15 bits per heavy atom. The molecule has 3 N–H and O–H groups in total. The number of piperidine rings is 2. The smallest absolute Gasteiger partial charge is 0.308 e. The van der Waals surface area contributed by atoms with Gasteiger partial charge in [-0.25, -0.2) is 0 Å². The summed E-state index contributed by atoms with van der Waals surface area (Å²) >= 11 is 0. The minimum atomic E-state index is -1.17. The molecule has 0 saturated carbocycles. The first-order chi connectivity index (χ1) is 24.8. The van der Waals surface area contributed by atoms with E-state index in [0.29, 0.717) is 19.3 Å². The first kappa shape index (κ1) is 43.0. The second-order valence-corrected chi connectivity index (χ2v) is 16.6. The van der Waals surface area contributed by atoms with Gasteiger partial charge in [0.25, 0.3) is 0 Å². The number of esters is 1. The van der Waals surface area contributed by atoms with Crippen LogP contribution in [0.15, 0.2) is 23.8 Å². The summed E-state index contributed by atoms with van der Waals surface area (Å²) < 4.78 is 19.1. The molecule has 4 aliphatic heterocycles. The summed E-state index contributed by atoms with van der Waals surface area (Å²) in [4.78, 5) is 34.1. The zero-order valence-electron chi connectivity index (χ0n) is 33.2. The van der Waals surface area contributed by atoms with E-state index in [1.165, 1.54) is 12.8 Å². The maximum absolute atomic E-state index is 13.8. The van der Waals surface area contributed by atoms with Gasteiger partial charge in [0.2, 0.25) is 0 Å². The Hall–Kier alpha value is -1.70. The second kappa shape index (κ2) is 20.8. The fraction of sp³-hybridized carbons (Fsp3) is 0.854. The van der Waals surface area contributed by atoms with Gasteiger partial charge in [-0.05, 0) is 118 Å². The van der Waals surface area contributed by atoms with Crippen LogP contribution in [0.5, 0.6) is 0 Å². The average molecular weight is 734 g/mol. The number of ketones is 1. The van der Waals surface area contributed by atoms with Gasteiger partial charge in [-0.1, -0.05) is 51.3 Å². The molecule has 0 aromatic heterocycles. The van der Waals surface area contributed by atoms with Crippen molar-refractivity contribution in [3.63, 3.8) is 0 Å². The van der Waals surface area contributed by atoms with Crippen LogP contribution in [0.4, 0.5) is 0 Å². The van der Waals surface area contributed by atoms with Gasteiger partial charge in [0.15, 0.2) is 12.1 Å². The van der Waals surface area contributed by atoms with Crippen molar-refractivity contribution in [3.05, 3.63) is 23.8 Å². The molecule has 0 amide bonds. The van der Waals surface area contributed by atoms with Crippen LogP contribution < -0.4 is 0 Å². The van der Waals surface area contributed by atoms with Gasteiger partial charge < -0.3 is 44.2 Å². The third-order valence-corrected chi connectivity index (χ3v) is 12.1. The van der Waals surface area contributed by atoms with Crippen LogP contribution >= 0.6 is 0 Å². The van der Waals surface area contributed by atoms with Crippen molar-refractivity contribution in [2.45, 2.75) is 148 Å². The van der Waals surface area contributed by atoms with E-state index in [-0.39, 0.29) is 36.1 Å². The Morgan fingerprint density at radius 1 is 0.904 bits per heavy atom. The third kappa shape index (κ3) is 12.2. The number of ether oxygens (including phenoxy) is 3. The van der Waals surface area contributed by atoms with Crippen molar-refractivity contribution in [2.75, 3.05) is 53.4 Å². The van der Waals surface area contributed by atoms with Crippen molar-refractivity contribution in [1.29, 1.82) is 0 Å². The van der Waals surface area contributed by atoms with Gasteiger partial charge in [-0.15, -0.1) is 0 Å². The number of carbonyl (C=O) groups is 2. The number of allylic oxidation sites excluding steroid dienone is 3. The second-order valence-electron chi connectivity index (χ2n) is 16.6. The number of rotatable bonds is 9. The summed E-state index contributed by atoms with van der Waals surface area (Å²) in [6.07, 6.45) is 8.49. The van der Waals surface area contributed by atoms with Gasteiger partial charge in [-0.2, -0.15) is 0 Å². The molecule has 298 valence electrons. The molecule has 0 aromatic rings. The highest BCUT2D eigenvalue weighted by atomic mass is 16.7. The number of nitrogens with zero attached hydrogens (tertiary/aromatic N) is 3. The molecular formula is C41H71N3O8. The molecule has 4 rings (SSSR count). The van der Waals surface area contributed by atoms with E-state index in [9.17, 15) is 24.9 Å². The Morgan fingerprint density at radius 2 is 1.54 bits per heavy atom. The van der Waals surface area contributed by atoms with Crippen LogP contribution in [0.25, 0.3) is 0 Å². The SMILES string of the molecule is CC[C@H]1OC(=O)C[C@H](O)[C@H](C)[C@@H](O[C@@H]2O[C@H](C)[C@@H](O)[C@H](N(C)C)[C@H]2O)[C@@H](CCN2CCCCC2)C[C@@H](C)C(=O)/C=C/C(C)=C/[C@@H]1CN1CCCCC1. The lowest BCUT2D eigenvalue weighted by Crippen LogP contribution is -2.63. The molecule has 0 radical (unpaired) electrons. The quantitative estimate of drug-likeness (QED) is 0.295. The first-order valence-electron chi connectivity index (χ1n) is 20.3. The standard InChI is InChI=1S/C41H71N3O8/c1-8-35-32(26-44-20-13-10-14-21-44)23-27(2)15-16-33(45)28(3)24-31(17-22-43-18-11-9-12-19-43)40(29(4)34(46)25-36(47)51-35)52-41-39(49)37(42(6)7)38(48)30(5)50-41/h15-16,23,28-32,34-35,37-41,46,48-49H,8-14,17-22,24-26H2,1-7H3/b16-15+,27-23+/t28-,29+,30-,31+,32-,34+,35-,37+,38-,39-,40-,41+/m1/s1. The van der Waals surface area contributed by atoms with Crippen LogP contribution in [0.2, 0.25) is 0 Å². The molecule has 3 saturated heterocycles. The van der Waals surface area contributed by atoms with Crippen molar-refractivity contribution in [3.8, 4) is 0 Å². The monoisotopic (exact) mass is 734 g/mol. The number of likely N-dealkylation sites (N-methyl/N-ethyl adjacent to an activating group) is 1. The predicted molar refractivity (Wildman–Crippen MR) is 203 cm³/mol. The van der Waals surface area contributed by atoms with Crippen LogP contribution in [-0.2, 0) is 23.8 Å². The van der Waals surface area contributed by atoms with Crippen LogP contribution in [0, 0.1) is 23.7 Å². The number of carbonyl (C=O) groups excluding carboxylic acids is 2. The lowest BCUT2D eigenvalue weighted by Gasteiger charge is -2.47. The molecule has 0 aromatic carbocycles. The minimum absolute atomic E-state index is 0.0270. The third-order valence-electron chi connectivity index (χ3n) is 12.1. The summed E-state index contributed by atoms with van der Waals surface area (Å²) in [5.41, 5.74) is 0.954. The highest BCUT2D eigenvalue weighted by Gasteiger charge is 2.47. The van der Waals surface area contributed by atoms with Gasteiger partial charge >= 0.3 is 5.97 Å². The summed E-state index contributed by atoms with van der Waals surface area (Å²) in [7, 11) is 3.60. The topological polar surface area (TPSA) is 132 Å². The maximum atomic E-state index is 13.8. The molecule has 4 aliphatic rings. The lowest BCUT2D eigenvalue weighted by atomic mass is 9.79. The molecule has 12 atom stereocenters. The molecule has 52 heavy (non-hydrogen) atoms. The lowest BCUT2D eigenvalue weighted by molar-refractivity contribution is -0.304. The predicted octanol–water partition coefficient (Wildman–Crippen LogP) is 4.18. The molecule has 3 fully saturated rings. The zero-order chi connectivity index (χ0) is 37.9. The molecule has 0 spiro atoms. The first-order valence-corrected chi connectivity index (χ1v) is 20.3. The highest BCUT2D eigenvalue weighted by Crippen LogP contribution is 2.35. The largest absolute Gasteiger partial charge is 0.462 e. The fourth-order valence-corrected chi connectivity index (χ4v) is 8.83. The Kier molecular flexibility index (Phi) is 17.2. The van der Waals surface area contributed by atoms with E-state index in [2.05, 4.69) is 15.9 Å². The highest BCUT2D eigenvalue weighted by molar-refractivity contribution is 5.91. The fourth-order valence-electron chi connectivity index (χ4n) is 8.83. The Balaban J connectivity index is 1.68. The normalized spacial score (nSPS) is 40.2. The summed E-state index contributed by atoms with van der Waals surface area (Å²) in [5.74, 6) is -1.58. The number of hydrogen-bond acceptors (Lipinski definition) is 11. The Bertz CT molecular complexity index is 1170. The number of likely N-dealkylation sites (tertiary alicyclic amines) is 2. The van der Waals surface area contributed by atoms with Crippen molar-refractivity contribution >= 4 is 11.8 Å². The van der Waals surface area contributed by atoms with E-state index in [1.807, 2.05) is 33.8 Å². The van der Waals surface area contributed by atoms with Crippen molar-refractivity contribution < 1.29 is 39.1 Å². The van der Waals surface area contributed by atoms with Crippen molar-refractivity contribution in [2.24, 2.45) is 23.7 Å². The van der Waals surface area contributed by atoms with E-state index >= 15 is 0 Å². The molecule has 4 heterocycles. The van der Waals surface area contributed by atoms with Gasteiger partial charge in [0.05, 0.1) is 36.9 Å². The van der Waals surface area contributed by atoms with Crippen molar-refractivity contribution in [1.82, 2.24) is 14.7 Å². The average Bonchev–Trinajstić information content (AvgIpc) is 3.12. The van der Waals surface area contributed by atoms with E-state index in [1.54, 1.807) is 32.0 Å². The molecule has 11 nitrogen and oxygen atoms in total. The number of aliphatic hydroxyl groups excluding tert-OH is 3. The van der Waals surface area contributed by atoms with E-state index in [4.69, 9.17) is 14.2 Å². The molecular weight excluding hydrogens is 662 g/mol. The maximum Gasteiger partial charge on any atom is 0.308 e. The number of hydrogen-bond donors (Lipinski definition) is 3. The van der Waals surface area contributed by atoms with Gasteiger partial charge in [0, 0.05) is 24.3 Å². The van der Waals surface area contributed by atoms with E-state index in [0.717, 1.165) is 70.5 Å². The van der Waals surface area contributed by atoms with Crippen LogP contribution in [0.1, 0.15) is 98.8 Å². The van der Waals surface area contributed by atoms with Crippen LogP contribution in [0.3, 0.4) is 0 Å². The summed E-state index contributed by atoms with van der Waals surface area (Å²) in [6.45, 7) is 15.3. The van der Waals surface area contributed by atoms with E-state index < -0.39 is 54.7 Å². The molecule has 0 bridgehead atoms. The molecule has 11 heteroatoms. The van der Waals surface area contributed by atoms with Crippen LogP contribution in [-0.4, -0.2) is 144 Å². The number of aliphatic hydroxyl groups is 3. The summed E-state index contributed by atoms with van der Waals surface area (Å²) in [6, 6.07) is -0.632. The van der Waals surface area contributed by atoms with Gasteiger partial charge in [0.1, 0.15) is 12.2 Å². The molecule has 0 aliphatic carbocycles. The van der Waals surface area contributed by atoms with Gasteiger partial charge in [-0.3, -0.25) is 9.59 Å².